The van der Waals surface area contributed by atoms with E-state index >= 15 is 0 Å². The molecule has 0 radical (unpaired) electrons. The van der Waals surface area contributed by atoms with Crippen LogP contribution in [0.25, 0.3) is 0 Å². The SMILES string of the molecule is CCC(COC)Nc1cnc(C(=O)O)cn1. The predicted molar refractivity (Wildman–Crippen MR) is 58.6 cm³/mol. The van der Waals surface area contributed by atoms with Crippen LogP contribution in [-0.2, 0) is 4.74 Å². The first-order chi connectivity index (χ1) is 7.67. The van der Waals surface area contributed by atoms with Crippen LogP contribution in [0.15, 0.2) is 12.4 Å². The minimum atomic E-state index is -1.08. The minimum Gasteiger partial charge on any atom is -0.476 e. The number of methoxy groups -OCH3 is 1. The van der Waals surface area contributed by atoms with E-state index in [4.69, 9.17) is 9.84 Å². The molecule has 0 aliphatic rings. The number of aromatic nitrogens is 2. The lowest BCUT2D eigenvalue weighted by molar-refractivity contribution is 0.0690. The molecule has 0 saturated carbocycles. The predicted octanol–water partition coefficient (Wildman–Crippen LogP) is 1.01. The molecule has 6 heteroatoms. The molecule has 6 nitrogen and oxygen atoms in total. The number of hydrogen-bond acceptors (Lipinski definition) is 5. The Morgan fingerprint density at radius 3 is 2.75 bits per heavy atom. The molecule has 1 atom stereocenters. The first-order valence-corrected chi connectivity index (χ1v) is 4.98. The Morgan fingerprint density at radius 1 is 1.56 bits per heavy atom. The van der Waals surface area contributed by atoms with Gasteiger partial charge in [-0.25, -0.2) is 14.8 Å². The van der Waals surface area contributed by atoms with Gasteiger partial charge in [-0.3, -0.25) is 0 Å². The number of rotatable bonds is 6. The zero-order valence-corrected chi connectivity index (χ0v) is 9.30. The fourth-order valence-electron chi connectivity index (χ4n) is 1.18. The van der Waals surface area contributed by atoms with Gasteiger partial charge in [0.05, 0.1) is 25.0 Å². The van der Waals surface area contributed by atoms with Crippen molar-refractivity contribution in [2.45, 2.75) is 19.4 Å². The molecule has 0 fully saturated rings. The van der Waals surface area contributed by atoms with Crippen LogP contribution >= 0.6 is 0 Å². The van der Waals surface area contributed by atoms with E-state index in [1.54, 1.807) is 7.11 Å². The van der Waals surface area contributed by atoms with E-state index in [1.807, 2.05) is 6.92 Å². The molecule has 1 rings (SSSR count). The monoisotopic (exact) mass is 225 g/mol. The van der Waals surface area contributed by atoms with Crippen molar-refractivity contribution in [2.24, 2.45) is 0 Å². The van der Waals surface area contributed by atoms with Crippen LogP contribution in [0, 0.1) is 0 Å². The second-order valence-electron chi connectivity index (χ2n) is 3.30. The molecule has 1 unspecified atom stereocenters. The lowest BCUT2D eigenvalue weighted by Crippen LogP contribution is -2.24. The average Bonchev–Trinajstić information content (AvgIpc) is 2.29. The molecule has 0 bridgehead atoms. The third kappa shape index (κ3) is 3.47. The highest BCUT2D eigenvalue weighted by Crippen LogP contribution is 2.05. The topological polar surface area (TPSA) is 84.3 Å². The average molecular weight is 225 g/mol. The van der Waals surface area contributed by atoms with Crippen molar-refractivity contribution in [1.82, 2.24) is 9.97 Å². The summed E-state index contributed by atoms with van der Waals surface area (Å²) in [7, 11) is 1.63. The highest BCUT2D eigenvalue weighted by molar-refractivity contribution is 5.84. The Bertz CT molecular complexity index is 340. The molecule has 0 aromatic carbocycles. The number of carboxylic acid groups (broad SMARTS) is 1. The number of aromatic carboxylic acids is 1. The Labute approximate surface area is 93.7 Å². The molecule has 0 aliphatic carbocycles. The number of hydrogen-bond donors (Lipinski definition) is 2. The lowest BCUT2D eigenvalue weighted by Gasteiger charge is -2.15. The highest BCUT2D eigenvalue weighted by Gasteiger charge is 2.08. The quantitative estimate of drug-likeness (QED) is 0.751. The molecule has 2 N–H and O–H groups in total. The molecule has 88 valence electrons. The zero-order valence-electron chi connectivity index (χ0n) is 9.30. The number of nitrogens with zero attached hydrogens (tertiary/aromatic N) is 2. The summed E-state index contributed by atoms with van der Waals surface area (Å²) in [6, 6.07) is 0.148. The van der Waals surface area contributed by atoms with Gasteiger partial charge < -0.3 is 15.2 Å². The number of anilines is 1. The summed E-state index contributed by atoms with van der Waals surface area (Å²) in [5.74, 6) is -0.531. The number of nitrogens with one attached hydrogen (secondary N) is 1. The van der Waals surface area contributed by atoms with E-state index in [0.717, 1.165) is 6.42 Å². The second-order valence-corrected chi connectivity index (χ2v) is 3.30. The van der Waals surface area contributed by atoms with Gasteiger partial charge in [-0.1, -0.05) is 6.92 Å². The molecule has 0 amide bonds. The molecule has 0 aliphatic heterocycles. The molecule has 1 aromatic rings. The molecule has 0 spiro atoms. The summed E-state index contributed by atoms with van der Waals surface area (Å²) in [5, 5.41) is 11.7. The summed E-state index contributed by atoms with van der Waals surface area (Å²) in [6.07, 6.45) is 3.52. The zero-order chi connectivity index (χ0) is 12.0. The van der Waals surface area contributed by atoms with Crippen molar-refractivity contribution < 1.29 is 14.6 Å². The molecular formula is C10H15N3O3. The van der Waals surface area contributed by atoms with Gasteiger partial charge in [-0.2, -0.15) is 0 Å². The maximum Gasteiger partial charge on any atom is 0.356 e. The van der Waals surface area contributed by atoms with Crippen molar-refractivity contribution in [3.8, 4) is 0 Å². The van der Waals surface area contributed by atoms with Crippen LogP contribution < -0.4 is 5.32 Å². The standard InChI is InChI=1S/C10H15N3O3/c1-3-7(6-16-2)13-9-5-11-8(4-12-9)10(14)15/h4-5,7H,3,6H2,1-2H3,(H,12,13)(H,14,15). The van der Waals surface area contributed by atoms with Gasteiger partial charge in [0.1, 0.15) is 5.82 Å². The first-order valence-electron chi connectivity index (χ1n) is 4.98. The molecule has 16 heavy (non-hydrogen) atoms. The maximum atomic E-state index is 10.6. The Balaban J connectivity index is 2.63. The molecular weight excluding hydrogens is 210 g/mol. The van der Waals surface area contributed by atoms with E-state index in [0.29, 0.717) is 12.4 Å². The number of ether oxygens (including phenoxy) is 1. The highest BCUT2D eigenvalue weighted by atomic mass is 16.5. The first kappa shape index (κ1) is 12.4. The van der Waals surface area contributed by atoms with Crippen LogP contribution in [0.5, 0.6) is 0 Å². The van der Waals surface area contributed by atoms with E-state index in [2.05, 4.69) is 15.3 Å². The second kappa shape index (κ2) is 6.02. The van der Waals surface area contributed by atoms with Crippen LogP contribution in [-0.4, -0.2) is 40.8 Å². The summed E-state index contributed by atoms with van der Waals surface area (Å²) in [4.78, 5) is 18.3. The van der Waals surface area contributed by atoms with Crippen molar-refractivity contribution in [3.05, 3.63) is 18.1 Å². The smallest absolute Gasteiger partial charge is 0.356 e. The van der Waals surface area contributed by atoms with Gasteiger partial charge in [0, 0.05) is 7.11 Å². The van der Waals surface area contributed by atoms with Crippen LogP contribution in [0.1, 0.15) is 23.8 Å². The summed E-state index contributed by atoms with van der Waals surface area (Å²) in [5.41, 5.74) is -0.0645. The van der Waals surface area contributed by atoms with E-state index in [9.17, 15) is 4.79 Å². The number of carboxylic acids is 1. The Hall–Kier alpha value is -1.69. The van der Waals surface area contributed by atoms with Crippen molar-refractivity contribution in [1.29, 1.82) is 0 Å². The van der Waals surface area contributed by atoms with Crippen LogP contribution in [0.2, 0.25) is 0 Å². The minimum absolute atomic E-state index is 0.0645. The molecule has 1 heterocycles. The van der Waals surface area contributed by atoms with Crippen LogP contribution in [0.4, 0.5) is 5.82 Å². The van der Waals surface area contributed by atoms with Gasteiger partial charge in [0.2, 0.25) is 0 Å². The Kier molecular flexibility index (Phi) is 4.65. The van der Waals surface area contributed by atoms with Crippen LogP contribution in [0.3, 0.4) is 0 Å². The van der Waals surface area contributed by atoms with Crippen molar-refractivity contribution in [3.63, 3.8) is 0 Å². The fourth-order valence-corrected chi connectivity index (χ4v) is 1.18. The third-order valence-electron chi connectivity index (χ3n) is 2.08. The normalized spacial score (nSPS) is 12.1. The van der Waals surface area contributed by atoms with Gasteiger partial charge in [0.25, 0.3) is 0 Å². The van der Waals surface area contributed by atoms with Gasteiger partial charge >= 0.3 is 5.97 Å². The van der Waals surface area contributed by atoms with E-state index < -0.39 is 5.97 Å². The Morgan fingerprint density at radius 2 is 2.31 bits per heavy atom. The van der Waals surface area contributed by atoms with Gasteiger partial charge in [-0.15, -0.1) is 0 Å². The summed E-state index contributed by atoms with van der Waals surface area (Å²) >= 11 is 0. The molecule has 1 aromatic heterocycles. The van der Waals surface area contributed by atoms with Crippen molar-refractivity contribution in [2.75, 3.05) is 19.0 Å². The largest absolute Gasteiger partial charge is 0.476 e. The van der Waals surface area contributed by atoms with Gasteiger partial charge in [-0.05, 0) is 6.42 Å². The van der Waals surface area contributed by atoms with E-state index in [1.165, 1.54) is 12.4 Å². The summed E-state index contributed by atoms with van der Waals surface area (Å²) in [6.45, 7) is 2.59. The molecule has 0 saturated heterocycles. The lowest BCUT2D eigenvalue weighted by atomic mass is 10.2. The fraction of sp³-hybridized carbons (Fsp3) is 0.500. The van der Waals surface area contributed by atoms with E-state index in [-0.39, 0.29) is 11.7 Å². The van der Waals surface area contributed by atoms with Crippen molar-refractivity contribution >= 4 is 11.8 Å². The third-order valence-corrected chi connectivity index (χ3v) is 2.08. The van der Waals surface area contributed by atoms with Gasteiger partial charge in [0.15, 0.2) is 5.69 Å². The number of carbonyl (C=O) groups is 1. The summed E-state index contributed by atoms with van der Waals surface area (Å²) < 4.78 is 5.02. The maximum absolute atomic E-state index is 10.6.